The molecular formula is C11H21N3O4S2. The Labute approximate surface area is 123 Å². The van der Waals surface area contributed by atoms with E-state index in [4.69, 9.17) is 10.5 Å². The number of anilines is 2. The van der Waals surface area contributed by atoms with Crippen molar-refractivity contribution in [2.24, 2.45) is 0 Å². The van der Waals surface area contributed by atoms with E-state index in [1.54, 1.807) is 18.9 Å². The summed E-state index contributed by atoms with van der Waals surface area (Å²) in [4.78, 5) is 1.71. The SMILES string of the molecule is CCCS(=O)(=O)c1c(N)nsc1N(C)CC(O)COC. The molecule has 0 aliphatic rings. The summed E-state index contributed by atoms with van der Waals surface area (Å²) in [6, 6.07) is 0. The van der Waals surface area contributed by atoms with Crippen LogP contribution in [0, 0.1) is 0 Å². The smallest absolute Gasteiger partial charge is 0.185 e. The molecule has 0 aliphatic heterocycles. The molecule has 1 atom stereocenters. The number of nitrogen functional groups attached to an aromatic ring is 1. The van der Waals surface area contributed by atoms with Crippen LogP contribution in [0.3, 0.4) is 0 Å². The molecule has 0 fully saturated rings. The summed E-state index contributed by atoms with van der Waals surface area (Å²) >= 11 is 1.02. The maximum absolute atomic E-state index is 12.2. The lowest BCUT2D eigenvalue weighted by molar-refractivity contribution is 0.0695. The molecule has 0 aliphatic carbocycles. The predicted octanol–water partition coefficient (Wildman–Crippen LogP) is 0.353. The third kappa shape index (κ3) is 4.05. The van der Waals surface area contributed by atoms with Crippen LogP contribution in [-0.4, -0.2) is 57.1 Å². The van der Waals surface area contributed by atoms with Crippen LogP contribution in [0.1, 0.15) is 13.3 Å². The van der Waals surface area contributed by atoms with Crippen molar-refractivity contribution in [3.8, 4) is 0 Å². The van der Waals surface area contributed by atoms with Gasteiger partial charge in [0.2, 0.25) is 0 Å². The van der Waals surface area contributed by atoms with Gasteiger partial charge in [-0.3, -0.25) is 0 Å². The number of rotatable bonds is 8. The first kappa shape index (κ1) is 17.2. The molecule has 1 aromatic rings. The first-order chi connectivity index (χ1) is 9.33. The van der Waals surface area contributed by atoms with E-state index in [0.717, 1.165) is 11.5 Å². The van der Waals surface area contributed by atoms with E-state index < -0.39 is 15.9 Å². The van der Waals surface area contributed by atoms with Gasteiger partial charge in [-0.2, -0.15) is 4.37 Å². The van der Waals surface area contributed by atoms with Crippen molar-refractivity contribution >= 4 is 32.2 Å². The number of methoxy groups -OCH3 is 1. The molecule has 0 spiro atoms. The van der Waals surface area contributed by atoms with Gasteiger partial charge in [-0.15, -0.1) is 0 Å². The Morgan fingerprint density at radius 2 is 2.20 bits per heavy atom. The summed E-state index contributed by atoms with van der Waals surface area (Å²) < 4.78 is 33.2. The number of hydrogen-bond acceptors (Lipinski definition) is 8. The number of sulfone groups is 1. The van der Waals surface area contributed by atoms with Crippen LogP contribution in [0.5, 0.6) is 0 Å². The Kier molecular flexibility index (Phi) is 6.18. The fourth-order valence-corrected chi connectivity index (χ4v) is 4.59. The second-order valence-electron chi connectivity index (χ2n) is 4.51. The van der Waals surface area contributed by atoms with Gasteiger partial charge in [-0.1, -0.05) is 6.92 Å². The van der Waals surface area contributed by atoms with E-state index in [9.17, 15) is 13.5 Å². The number of aromatic nitrogens is 1. The first-order valence-corrected chi connectivity index (χ1v) is 8.62. The van der Waals surface area contributed by atoms with E-state index in [1.807, 2.05) is 0 Å². The predicted molar refractivity (Wildman–Crippen MR) is 80.0 cm³/mol. The average molecular weight is 323 g/mol. The Morgan fingerprint density at radius 3 is 2.75 bits per heavy atom. The minimum atomic E-state index is -3.45. The number of ether oxygens (including phenoxy) is 1. The number of aliphatic hydroxyl groups excluding tert-OH is 1. The van der Waals surface area contributed by atoms with E-state index in [2.05, 4.69) is 4.37 Å². The number of aliphatic hydroxyl groups is 1. The van der Waals surface area contributed by atoms with Crippen molar-refractivity contribution in [3.05, 3.63) is 0 Å². The summed E-state index contributed by atoms with van der Waals surface area (Å²) in [5.41, 5.74) is 5.69. The molecule has 0 saturated carbocycles. The van der Waals surface area contributed by atoms with Crippen molar-refractivity contribution in [2.45, 2.75) is 24.3 Å². The molecule has 116 valence electrons. The largest absolute Gasteiger partial charge is 0.389 e. The van der Waals surface area contributed by atoms with Gasteiger partial charge < -0.3 is 20.5 Å². The lowest BCUT2D eigenvalue weighted by atomic mass is 10.3. The zero-order valence-electron chi connectivity index (χ0n) is 11.9. The number of nitrogens with two attached hydrogens (primary N) is 1. The summed E-state index contributed by atoms with van der Waals surface area (Å²) in [7, 11) is -0.271. The van der Waals surface area contributed by atoms with Gasteiger partial charge in [-0.25, -0.2) is 8.42 Å². The van der Waals surface area contributed by atoms with Crippen LogP contribution in [0.2, 0.25) is 0 Å². The van der Waals surface area contributed by atoms with Gasteiger partial charge in [0.25, 0.3) is 0 Å². The monoisotopic (exact) mass is 323 g/mol. The Balaban J connectivity index is 3.03. The molecule has 0 radical (unpaired) electrons. The summed E-state index contributed by atoms with van der Waals surface area (Å²) in [6.45, 7) is 2.21. The molecule has 0 amide bonds. The highest BCUT2D eigenvalue weighted by Crippen LogP contribution is 2.35. The summed E-state index contributed by atoms with van der Waals surface area (Å²) in [6.07, 6.45) is -0.206. The fourth-order valence-electron chi connectivity index (χ4n) is 1.84. The van der Waals surface area contributed by atoms with Crippen molar-refractivity contribution in [1.29, 1.82) is 0 Å². The highest BCUT2D eigenvalue weighted by Gasteiger charge is 2.27. The van der Waals surface area contributed by atoms with Gasteiger partial charge in [-0.05, 0) is 18.0 Å². The van der Waals surface area contributed by atoms with Crippen LogP contribution in [0.15, 0.2) is 4.90 Å². The summed E-state index contributed by atoms with van der Waals surface area (Å²) in [5, 5.41) is 10.2. The zero-order valence-corrected chi connectivity index (χ0v) is 13.5. The molecule has 20 heavy (non-hydrogen) atoms. The third-order valence-corrected chi connectivity index (χ3v) is 5.71. The van der Waals surface area contributed by atoms with Gasteiger partial charge in [0.05, 0.1) is 18.5 Å². The molecule has 3 N–H and O–H groups in total. The minimum absolute atomic E-state index is 0.0199. The Morgan fingerprint density at radius 1 is 1.55 bits per heavy atom. The van der Waals surface area contributed by atoms with Crippen molar-refractivity contribution in [2.75, 3.05) is 43.7 Å². The molecular weight excluding hydrogens is 302 g/mol. The van der Waals surface area contributed by atoms with Gasteiger partial charge >= 0.3 is 0 Å². The fraction of sp³-hybridized carbons (Fsp3) is 0.727. The standard InChI is InChI=1S/C11H21N3O4S2/c1-4-5-20(16,17)9-10(12)13-19-11(9)14(2)6-8(15)7-18-3/h8,15H,4-7H2,1-3H3,(H2,12,13). The molecule has 9 heteroatoms. The van der Waals surface area contributed by atoms with Crippen LogP contribution >= 0.6 is 11.5 Å². The molecule has 7 nitrogen and oxygen atoms in total. The zero-order chi connectivity index (χ0) is 15.3. The maximum Gasteiger partial charge on any atom is 0.185 e. The molecule has 1 heterocycles. The van der Waals surface area contributed by atoms with Gasteiger partial charge in [0.1, 0.15) is 9.90 Å². The minimum Gasteiger partial charge on any atom is -0.389 e. The van der Waals surface area contributed by atoms with E-state index in [-0.39, 0.29) is 29.6 Å². The van der Waals surface area contributed by atoms with E-state index in [1.165, 1.54) is 7.11 Å². The second-order valence-corrected chi connectivity index (χ2v) is 7.31. The highest BCUT2D eigenvalue weighted by molar-refractivity contribution is 7.91. The number of nitrogens with zero attached hydrogens (tertiary/aromatic N) is 2. The Hall–Kier alpha value is -0.900. The number of hydrogen-bond donors (Lipinski definition) is 2. The van der Waals surface area contributed by atoms with Crippen molar-refractivity contribution < 1.29 is 18.3 Å². The molecule has 0 saturated heterocycles. The average Bonchev–Trinajstić information content (AvgIpc) is 2.72. The Bertz CT molecular complexity index is 530. The summed E-state index contributed by atoms with van der Waals surface area (Å²) in [5.74, 6) is 0.0448. The van der Waals surface area contributed by atoms with Gasteiger partial charge in [0.15, 0.2) is 15.7 Å². The van der Waals surface area contributed by atoms with Crippen LogP contribution in [0.4, 0.5) is 10.8 Å². The van der Waals surface area contributed by atoms with Crippen molar-refractivity contribution in [1.82, 2.24) is 4.37 Å². The quantitative estimate of drug-likeness (QED) is 0.711. The van der Waals surface area contributed by atoms with E-state index in [0.29, 0.717) is 11.4 Å². The normalized spacial score (nSPS) is 13.4. The van der Waals surface area contributed by atoms with E-state index >= 15 is 0 Å². The van der Waals surface area contributed by atoms with Crippen LogP contribution < -0.4 is 10.6 Å². The first-order valence-electron chi connectivity index (χ1n) is 6.19. The number of likely N-dealkylation sites (N-methyl/N-ethyl adjacent to an activating group) is 1. The molecule has 0 bridgehead atoms. The lowest BCUT2D eigenvalue weighted by Gasteiger charge is -2.21. The topological polar surface area (TPSA) is 106 Å². The second kappa shape index (κ2) is 7.21. The van der Waals surface area contributed by atoms with Crippen LogP contribution in [0.25, 0.3) is 0 Å². The molecule has 0 aromatic carbocycles. The van der Waals surface area contributed by atoms with Crippen LogP contribution in [-0.2, 0) is 14.6 Å². The lowest BCUT2D eigenvalue weighted by Crippen LogP contribution is -2.32. The molecule has 1 aromatic heterocycles. The van der Waals surface area contributed by atoms with Gasteiger partial charge in [0, 0.05) is 20.7 Å². The third-order valence-electron chi connectivity index (χ3n) is 2.63. The van der Waals surface area contributed by atoms with Crippen molar-refractivity contribution in [3.63, 3.8) is 0 Å². The highest BCUT2D eigenvalue weighted by atomic mass is 32.2. The molecule has 1 rings (SSSR count). The maximum atomic E-state index is 12.2. The molecule has 1 unspecified atom stereocenters.